The van der Waals surface area contributed by atoms with E-state index in [0.29, 0.717) is 11.6 Å². The van der Waals surface area contributed by atoms with Crippen LogP contribution in [0.25, 0.3) is 55.0 Å². The Bertz CT molecular complexity index is 1650. The van der Waals surface area contributed by atoms with Crippen LogP contribution in [-0.2, 0) is 6.42 Å². The van der Waals surface area contributed by atoms with Crippen LogP contribution in [0.2, 0.25) is 0 Å². The lowest BCUT2D eigenvalue weighted by atomic mass is 9.93. The van der Waals surface area contributed by atoms with E-state index in [-0.39, 0.29) is 0 Å². The molecule has 0 spiro atoms. The van der Waals surface area contributed by atoms with Crippen molar-refractivity contribution >= 4 is 43.7 Å². The Morgan fingerprint density at radius 3 is 2.62 bits per heavy atom. The van der Waals surface area contributed by atoms with Gasteiger partial charge in [-0.15, -0.1) is 0 Å². The van der Waals surface area contributed by atoms with E-state index in [4.69, 9.17) is 14.4 Å². The molecule has 0 saturated heterocycles. The van der Waals surface area contributed by atoms with E-state index in [1.165, 1.54) is 21.9 Å². The fourth-order valence-corrected chi connectivity index (χ4v) is 4.87. The minimum Gasteiger partial charge on any atom is -0.437 e. The van der Waals surface area contributed by atoms with Crippen LogP contribution in [0.5, 0.6) is 0 Å². The van der Waals surface area contributed by atoms with Crippen LogP contribution in [0.4, 0.5) is 0 Å². The van der Waals surface area contributed by atoms with Crippen molar-refractivity contribution in [3.63, 3.8) is 0 Å². The maximum Gasteiger partial charge on any atom is 0.227 e. The molecule has 0 bridgehead atoms. The van der Waals surface area contributed by atoms with Gasteiger partial charge in [-0.2, -0.15) is 0 Å². The molecule has 3 aromatic carbocycles. The van der Waals surface area contributed by atoms with Crippen LogP contribution in [-0.4, -0.2) is 15.0 Å². The monoisotopic (exact) mass is 417 g/mol. The molecule has 156 valence electrons. The third-order valence-corrected chi connectivity index (χ3v) is 6.22. The van der Waals surface area contributed by atoms with Crippen LogP contribution >= 0.6 is 0 Å². The average Bonchev–Trinajstić information content (AvgIpc) is 3.19. The van der Waals surface area contributed by atoms with Gasteiger partial charge in [0.1, 0.15) is 11.9 Å². The van der Waals surface area contributed by atoms with Gasteiger partial charge in [-0.25, -0.2) is 15.0 Å². The van der Waals surface area contributed by atoms with Gasteiger partial charge in [-0.1, -0.05) is 44.2 Å². The zero-order valence-corrected chi connectivity index (χ0v) is 18.4. The normalized spacial score (nSPS) is 12.0. The van der Waals surface area contributed by atoms with E-state index in [1.807, 2.05) is 6.07 Å². The quantitative estimate of drug-likeness (QED) is 0.285. The lowest BCUT2D eigenvalue weighted by molar-refractivity contribution is 0.650. The van der Waals surface area contributed by atoms with E-state index in [1.54, 1.807) is 12.5 Å². The second kappa shape index (κ2) is 7.13. The van der Waals surface area contributed by atoms with Gasteiger partial charge < -0.3 is 4.42 Å². The highest BCUT2D eigenvalue weighted by molar-refractivity contribution is 6.15. The maximum atomic E-state index is 6.26. The first-order valence-corrected chi connectivity index (χ1v) is 11.0. The third-order valence-electron chi connectivity index (χ3n) is 6.22. The van der Waals surface area contributed by atoms with Crippen LogP contribution in [0.3, 0.4) is 0 Å². The third kappa shape index (κ3) is 2.79. The van der Waals surface area contributed by atoms with Gasteiger partial charge >= 0.3 is 0 Å². The minimum absolute atomic E-state index is 0.567. The zero-order valence-electron chi connectivity index (χ0n) is 18.4. The SMILES string of the molecule is Cc1ccc(-c2ncnc3c2ccc2cccc(CC(C)C)c23)c2oc3ncccc3c12. The van der Waals surface area contributed by atoms with Crippen LogP contribution in [0.15, 0.2) is 71.5 Å². The molecule has 0 aliphatic carbocycles. The molecule has 4 nitrogen and oxygen atoms in total. The molecule has 6 aromatic rings. The largest absolute Gasteiger partial charge is 0.437 e. The zero-order chi connectivity index (χ0) is 21.8. The highest BCUT2D eigenvalue weighted by atomic mass is 16.3. The van der Waals surface area contributed by atoms with Crippen molar-refractivity contribution in [2.45, 2.75) is 27.2 Å². The Hall–Kier alpha value is -3.79. The number of pyridine rings is 1. The Balaban J connectivity index is 1.70. The van der Waals surface area contributed by atoms with E-state index < -0.39 is 0 Å². The van der Waals surface area contributed by atoms with Gasteiger partial charge in [0.25, 0.3) is 0 Å². The number of hydrogen-bond donors (Lipinski definition) is 0. The van der Waals surface area contributed by atoms with Gasteiger partial charge in [-0.05, 0) is 60.0 Å². The van der Waals surface area contributed by atoms with Crippen molar-refractivity contribution in [1.82, 2.24) is 15.0 Å². The van der Waals surface area contributed by atoms with Gasteiger partial charge in [0.05, 0.1) is 11.2 Å². The van der Waals surface area contributed by atoms with Crippen molar-refractivity contribution in [2.75, 3.05) is 0 Å². The molecule has 0 radical (unpaired) electrons. The summed E-state index contributed by atoms with van der Waals surface area (Å²) in [6.07, 6.45) is 4.46. The van der Waals surface area contributed by atoms with Crippen molar-refractivity contribution in [1.29, 1.82) is 0 Å². The Kier molecular flexibility index (Phi) is 4.22. The Labute approximate surface area is 185 Å². The Morgan fingerprint density at radius 1 is 0.844 bits per heavy atom. The summed E-state index contributed by atoms with van der Waals surface area (Å²) < 4.78 is 6.26. The fourth-order valence-electron chi connectivity index (χ4n) is 4.87. The highest BCUT2D eigenvalue weighted by Crippen LogP contribution is 2.39. The molecule has 6 rings (SSSR count). The number of aryl methyl sites for hydroxylation is 1. The Morgan fingerprint density at radius 2 is 1.75 bits per heavy atom. The van der Waals surface area contributed by atoms with Gasteiger partial charge in [0.15, 0.2) is 0 Å². The molecule has 0 fully saturated rings. The van der Waals surface area contributed by atoms with E-state index in [0.717, 1.165) is 44.9 Å². The molecule has 0 unspecified atom stereocenters. The van der Waals surface area contributed by atoms with Crippen molar-refractivity contribution in [3.05, 3.63) is 78.2 Å². The van der Waals surface area contributed by atoms with Crippen LogP contribution in [0.1, 0.15) is 25.0 Å². The number of furan rings is 1. The van der Waals surface area contributed by atoms with Crippen molar-refractivity contribution in [2.24, 2.45) is 5.92 Å². The molecule has 3 aromatic heterocycles. The smallest absolute Gasteiger partial charge is 0.227 e. The predicted octanol–water partition coefficient (Wildman–Crippen LogP) is 7.25. The molecular formula is C28H23N3O. The molecule has 32 heavy (non-hydrogen) atoms. The van der Waals surface area contributed by atoms with Crippen LogP contribution < -0.4 is 0 Å². The predicted molar refractivity (Wildman–Crippen MR) is 131 cm³/mol. The molecular weight excluding hydrogens is 394 g/mol. The van der Waals surface area contributed by atoms with Crippen molar-refractivity contribution in [3.8, 4) is 11.3 Å². The lowest BCUT2D eigenvalue weighted by Crippen LogP contribution is -1.97. The summed E-state index contributed by atoms with van der Waals surface area (Å²) in [5, 5.41) is 5.59. The van der Waals surface area contributed by atoms with Crippen molar-refractivity contribution < 1.29 is 4.42 Å². The lowest BCUT2D eigenvalue weighted by Gasteiger charge is -2.13. The second-order valence-electron chi connectivity index (χ2n) is 8.89. The summed E-state index contributed by atoms with van der Waals surface area (Å²) >= 11 is 0. The number of hydrogen-bond acceptors (Lipinski definition) is 4. The first-order chi connectivity index (χ1) is 15.6. The summed E-state index contributed by atoms with van der Waals surface area (Å²) in [6, 6.07) is 19.1. The average molecular weight is 418 g/mol. The number of benzene rings is 3. The molecule has 0 N–H and O–H groups in total. The molecule has 3 heterocycles. The first-order valence-electron chi connectivity index (χ1n) is 11.0. The van der Waals surface area contributed by atoms with Gasteiger partial charge in [0, 0.05) is 33.3 Å². The summed E-state index contributed by atoms with van der Waals surface area (Å²) in [6.45, 7) is 6.61. The number of rotatable bonds is 3. The molecule has 4 heteroatoms. The number of nitrogens with zero attached hydrogens (tertiary/aromatic N) is 3. The van der Waals surface area contributed by atoms with E-state index in [2.05, 4.69) is 74.3 Å². The molecule has 0 amide bonds. The minimum atomic E-state index is 0.567. The number of aromatic nitrogens is 3. The molecule has 0 atom stereocenters. The highest BCUT2D eigenvalue weighted by Gasteiger charge is 2.19. The van der Waals surface area contributed by atoms with Gasteiger partial charge in [0.2, 0.25) is 5.71 Å². The number of fused-ring (bicyclic) bond motifs is 6. The summed E-state index contributed by atoms with van der Waals surface area (Å²) in [4.78, 5) is 13.9. The fraction of sp³-hybridized carbons (Fsp3) is 0.179. The molecule has 0 aliphatic heterocycles. The molecule has 0 aliphatic rings. The summed E-state index contributed by atoms with van der Waals surface area (Å²) in [5.41, 5.74) is 6.83. The maximum absolute atomic E-state index is 6.26. The first kappa shape index (κ1) is 18.9. The van der Waals surface area contributed by atoms with Gasteiger partial charge in [-0.3, -0.25) is 0 Å². The topological polar surface area (TPSA) is 51.8 Å². The molecule has 0 saturated carbocycles. The summed E-state index contributed by atoms with van der Waals surface area (Å²) in [7, 11) is 0. The van der Waals surface area contributed by atoms with E-state index >= 15 is 0 Å². The standard InChI is InChI=1S/C28H23N3O/c1-16(2)14-19-7-4-6-18-10-12-21-25(30-15-31-26(21)24(18)19)22-11-9-17(3)23-20-8-5-13-29-28(20)32-27(22)23/h4-13,15-16H,14H2,1-3H3. The second-order valence-corrected chi connectivity index (χ2v) is 8.89. The van der Waals surface area contributed by atoms with E-state index in [9.17, 15) is 0 Å². The summed E-state index contributed by atoms with van der Waals surface area (Å²) in [5.74, 6) is 0.567. The van der Waals surface area contributed by atoms with Crippen LogP contribution in [0, 0.1) is 12.8 Å².